The van der Waals surface area contributed by atoms with Gasteiger partial charge in [0.25, 0.3) is 0 Å². The number of aliphatic imine (C=N–C) groups is 1. The highest BCUT2D eigenvalue weighted by Gasteiger charge is 2.10. The number of hydrogen-bond acceptors (Lipinski definition) is 3. The van der Waals surface area contributed by atoms with Crippen molar-refractivity contribution in [2.24, 2.45) is 4.99 Å². The van der Waals surface area contributed by atoms with Crippen LogP contribution in [0, 0.1) is 20.8 Å². The minimum absolute atomic E-state index is 0.383. The number of nitrogens with zero attached hydrogens (tertiary/aromatic N) is 3. The van der Waals surface area contributed by atoms with Crippen molar-refractivity contribution in [3.05, 3.63) is 82.7 Å². The molecule has 1 heterocycles. The smallest absolute Gasteiger partial charge is 0.191 e. The maximum absolute atomic E-state index is 10.5. The summed E-state index contributed by atoms with van der Waals surface area (Å²) in [7, 11) is 0. The van der Waals surface area contributed by atoms with E-state index in [0.717, 1.165) is 40.3 Å². The van der Waals surface area contributed by atoms with Crippen LogP contribution in [0.3, 0.4) is 0 Å². The third kappa shape index (κ3) is 5.48. The Bertz CT molecular complexity index is 1010. The fraction of sp³-hybridized carbons (Fsp3) is 0.333. The maximum Gasteiger partial charge on any atom is 0.191 e. The van der Waals surface area contributed by atoms with Crippen LogP contribution in [0.1, 0.15) is 41.1 Å². The van der Waals surface area contributed by atoms with Crippen LogP contribution in [0.4, 0.5) is 0 Å². The Balaban J connectivity index is 1.73. The fourth-order valence-corrected chi connectivity index (χ4v) is 3.42. The molecule has 1 unspecified atom stereocenters. The van der Waals surface area contributed by atoms with Crippen molar-refractivity contribution in [2.45, 2.75) is 40.3 Å². The number of aryl methyl sites for hydroxylation is 3. The summed E-state index contributed by atoms with van der Waals surface area (Å²) in [4.78, 5) is 4.73. The summed E-state index contributed by atoms with van der Waals surface area (Å²) in [6.45, 7) is 9.73. The Morgan fingerprint density at radius 2 is 1.87 bits per heavy atom. The molecule has 0 saturated heterocycles. The third-order valence-electron chi connectivity index (χ3n) is 4.87. The van der Waals surface area contributed by atoms with Crippen LogP contribution < -0.4 is 10.6 Å². The van der Waals surface area contributed by atoms with E-state index in [-0.39, 0.29) is 0 Å². The van der Waals surface area contributed by atoms with Crippen molar-refractivity contribution < 1.29 is 5.11 Å². The Morgan fingerprint density at radius 1 is 1.07 bits per heavy atom. The van der Waals surface area contributed by atoms with Gasteiger partial charge in [-0.2, -0.15) is 5.10 Å². The van der Waals surface area contributed by atoms with Crippen LogP contribution in [-0.4, -0.2) is 33.9 Å². The molecular formula is C24H31N5O. The van der Waals surface area contributed by atoms with Crippen LogP contribution in [0.25, 0.3) is 5.69 Å². The highest BCUT2D eigenvalue weighted by Crippen LogP contribution is 2.18. The first kappa shape index (κ1) is 21.6. The van der Waals surface area contributed by atoms with Crippen LogP contribution in [0.15, 0.2) is 59.6 Å². The number of rotatable bonds is 7. The monoisotopic (exact) mass is 405 g/mol. The molecule has 158 valence electrons. The Hall–Kier alpha value is -3.12. The predicted octanol–water partition coefficient (Wildman–Crippen LogP) is 3.59. The van der Waals surface area contributed by atoms with Gasteiger partial charge in [-0.3, -0.25) is 0 Å². The van der Waals surface area contributed by atoms with Crippen LogP contribution in [0.2, 0.25) is 0 Å². The Kier molecular flexibility index (Phi) is 7.25. The fourth-order valence-electron chi connectivity index (χ4n) is 3.42. The molecule has 30 heavy (non-hydrogen) atoms. The molecule has 0 aliphatic carbocycles. The number of guanidine groups is 1. The Morgan fingerprint density at radius 3 is 2.57 bits per heavy atom. The van der Waals surface area contributed by atoms with E-state index in [2.05, 4.69) is 40.9 Å². The molecule has 1 atom stereocenters. The predicted molar refractivity (Wildman–Crippen MR) is 122 cm³/mol. The first-order valence-electron chi connectivity index (χ1n) is 10.4. The average Bonchev–Trinajstić information content (AvgIpc) is 3.07. The molecule has 0 saturated carbocycles. The number of benzene rings is 2. The molecule has 3 N–H and O–H groups in total. The molecular weight excluding hydrogens is 374 g/mol. The molecule has 0 spiro atoms. The van der Waals surface area contributed by atoms with Crippen LogP contribution in [-0.2, 0) is 6.54 Å². The van der Waals surface area contributed by atoms with Gasteiger partial charge in [-0.15, -0.1) is 0 Å². The lowest BCUT2D eigenvalue weighted by atomic mass is 10.1. The molecule has 6 nitrogen and oxygen atoms in total. The van der Waals surface area contributed by atoms with E-state index in [9.17, 15) is 5.11 Å². The zero-order valence-corrected chi connectivity index (χ0v) is 18.2. The van der Waals surface area contributed by atoms with Gasteiger partial charge in [0.15, 0.2) is 5.96 Å². The van der Waals surface area contributed by atoms with Gasteiger partial charge in [0.05, 0.1) is 24.0 Å². The van der Waals surface area contributed by atoms with E-state index in [1.165, 1.54) is 0 Å². The molecule has 6 heteroatoms. The van der Waals surface area contributed by atoms with Gasteiger partial charge in [-0.1, -0.05) is 48.0 Å². The number of nitrogens with one attached hydrogen (secondary N) is 2. The molecule has 2 aromatic carbocycles. The molecule has 0 fully saturated rings. The minimum atomic E-state index is -0.601. The minimum Gasteiger partial charge on any atom is -0.387 e. The maximum atomic E-state index is 10.5. The number of aliphatic hydroxyl groups is 1. The van der Waals surface area contributed by atoms with Gasteiger partial charge in [0.1, 0.15) is 0 Å². The van der Waals surface area contributed by atoms with Gasteiger partial charge in [-0.25, -0.2) is 9.67 Å². The summed E-state index contributed by atoms with van der Waals surface area (Å²) in [6.07, 6.45) is -0.601. The van der Waals surface area contributed by atoms with E-state index >= 15 is 0 Å². The van der Waals surface area contributed by atoms with E-state index in [1.807, 2.05) is 61.9 Å². The van der Waals surface area contributed by atoms with Gasteiger partial charge >= 0.3 is 0 Å². The van der Waals surface area contributed by atoms with Gasteiger partial charge in [0, 0.05) is 18.8 Å². The molecule has 0 aliphatic rings. The normalized spacial score (nSPS) is 12.6. The first-order valence-corrected chi connectivity index (χ1v) is 10.4. The average molecular weight is 406 g/mol. The van der Waals surface area contributed by atoms with Crippen molar-refractivity contribution in [2.75, 3.05) is 13.1 Å². The largest absolute Gasteiger partial charge is 0.387 e. The molecule has 3 aromatic rings. The first-order chi connectivity index (χ1) is 14.5. The van der Waals surface area contributed by atoms with E-state index < -0.39 is 6.10 Å². The second-order valence-electron chi connectivity index (χ2n) is 7.47. The quantitative estimate of drug-likeness (QED) is 0.415. The van der Waals surface area contributed by atoms with Crippen LogP contribution >= 0.6 is 0 Å². The molecule has 0 aliphatic heterocycles. The SMILES string of the molecule is CCNC(=NCc1ccccc1-n1nc(C)cc1C)NCC(O)c1cccc(C)c1. The summed E-state index contributed by atoms with van der Waals surface area (Å²) < 4.78 is 1.96. The molecule has 0 amide bonds. The van der Waals surface area contributed by atoms with Crippen molar-refractivity contribution in [3.8, 4) is 5.69 Å². The van der Waals surface area contributed by atoms with E-state index in [4.69, 9.17) is 4.99 Å². The van der Waals surface area contributed by atoms with Crippen molar-refractivity contribution >= 4 is 5.96 Å². The van der Waals surface area contributed by atoms with Crippen molar-refractivity contribution in [1.29, 1.82) is 0 Å². The van der Waals surface area contributed by atoms with Crippen LogP contribution in [0.5, 0.6) is 0 Å². The summed E-state index contributed by atoms with van der Waals surface area (Å²) in [5.74, 6) is 0.673. The van der Waals surface area contributed by atoms with E-state index in [1.54, 1.807) is 0 Å². The second-order valence-corrected chi connectivity index (χ2v) is 7.47. The number of hydrogen-bond donors (Lipinski definition) is 3. The highest BCUT2D eigenvalue weighted by molar-refractivity contribution is 5.79. The molecule has 3 rings (SSSR count). The van der Waals surface area contributed by atoms with E-state index in [0.29, 0.717) is 19.0 Å². The summed E-state index contributed by atoms with van der Waals surface area (Å²) in [6, 6.07) is 18.2. The summed E-state index contributed by atoms with van der Waals surface area (Å²) in [5, 5.41) is 21.6. The zero-order chi connectivity index (χ0) is 21.5. The molecule has 1 aromatic heterocycles. The number of aromatic nitrogens is 2. The zero-order valence-electron chi connectivity index (χ0n) is 18.2. The Labute approximate surface area is 178 Å². The third-order valence-corrected chi connectivity index (χ3v) is 4.87. The highest BCUT2D eigenvalue weighted by atomic mass is 16.3. The molecule has 0 radical (unpaired) electrons. The number of para-hydroxylation sites is 1. The summed E-state index contributed by atoms with van der Waals surface area (Å²) in [5.41, 5.74) is 6.23. The van der Waals surface area contributed by atoms with Gasteiger partial charge in [-0.05, 0) is 51.0 Å². The summed E-state index contributed by atoms with van der Waals surface area (Å²) >= 11 is 0. The molecule has 0 bridgehead atoms. The second kappa shape index (κ2) is 10.1. The van der Waals surface area contributed by atoms with Crippen molar-refractivity contribution in [3.63, 3.8) is 0 Å². The number of aliphatic hydroxyl groups excluding tert-OH is 1. The topological polar surface area (TPSA) is 74.5 Å². The van der Waals surface area contributed by atoms with Gasteiger partial charge in [0.2, 0.25) is 0 Å². The lowest BCUT2D eigenvalue weighted by Crippen LogP contribution is -2.39. The lowest BCUT2D eigenvalue weighted by molar-refractivity contribution is 0.181. The van der Waals surface area contributed by atoms with Gasteiger partial charge < -0.3 is 15.7 Å². The standard InChI is InChI=1S/C24H31N5O/c1-5-25-24(27-16-23(30)20-11-8-9-17(2)13-20)26-15-21-10-6-7-12-22(21)29-19(4)14-18(3)28-29/h6-14,23,30H,5,15-16H2,1-4H3,(H2,25,26,27). The van der Waals surface area contributed by atoms with Crippen molar-refractivity contribution in [1.82, 2.24) is 20.4 Å². The lowest BCUT2D eigenvalue weighted by Gasteiger charge is -2.16.